The molecule has 2 aliphatic heterocycles. The predicted octanol–water partition coefficient (Wildman–Crippen LogP) is 4.68. The number of likely N-dealkylation sites (tertiary alicyclic amines) is 1. The number of benzene rings is 1. The molecule has 2 unspecified atom stereocenters. The number of nitrogens with zero attached hydrogens (tertiary/aromatic N) is 2. The van der Waals surface area contributed by atoms with Crippen molar-refractivity contribution < 1.29 is 19.0 Å². The van der Waals surface area contributed by atoms with Gasteiger partial charge in [-0.25, -0.2) is 0 Å². The maximum Gasteiger partial charge on any atom is 0.253 e. The first kappa shape index (κ1) is 25.5. The summed E-state index contributed by atoms with van der Waals surface area (Å²) in [4.78, 5) is 18.0. The first-order valence-electron chi connectivity index (χ1n) is 13.3. The molecule has 34 heavy (non-hydrogen) atoms. The molecule has 3 atom stereocenters. The topological polar surface area (TPSA) is 51.2 Å². The normalized spacial score (nSPS) is 27.8. The average molecular weight is 473 g/mol. The number of methoxy groups -OCH3 is 1. The van der Waals surface area contributed by atoms with Crippen LogP contribution in [0, 0.1) is 12.8 Å². The van der Waals surface area contributed by atoms with Gasteiger partial charge in [-0.3, -0.25) is 9.69 Å². The number of rotatable bonds is 6. The molecule has 1 saturated carbocycles. The van der Waals surface area contributed by atoms with Crippen molar-refractivity contribution in [2.75, 3.05) is 39.9 Å². The molecule has 3 fully saturated rings. The molecule has 190 valence electrons. The first-order chi connectivity index (χ1) is 16.3. The number of piperidine rings is 1. The predicted molar refractivity (Wildman–Crippen MR) is 135 cm³/mol. The number of carbonyl (C=O) groups excluding carboxylic acids is 1. The number of morpholine rings is 1. The van der Waals surface area contributed by atoms with Crippen molar-refractivity contribution >= 4 is 5.91 Å². The summed E-state index contributed by atoms with van der Waals surface area (Å²) in [6.07, 6.45) is 7.25. The molecule has 4 rings (SSSR count). The number of ether oxygens (including phenoxy) is 3. The van der Waals surface area contributed by atoms with E-state index in [1.54, 1.807) is 7.11 Å². The Morgan fingerprint density at radius 2 is 2.00 bits per heavy atom. The maximum absolute atomic E-state index is 13.3. The minimum atomic E-state index is -0.177. The number of amides is 1. The average Bonchev–Trinajstić information content (AvgIpc) is 2.80. The highest BCUT2D eigenvalue weighted by Crippen LogP contribution is 2.37. The fourth-order valence-corrected chi connectivity index (χ4v) is 6.15. The van der Waals surface area contributed by atoms with Crippen molar-refractivity contribution in [2.24, 2.45) is 5.92 Å². The van der Waals surface area contributed by atoms with E-state index in [9.17, 15) is 4.79 Å². The van der Waals surface area contributed by atoms with Crippen LogP contribution in [0.5, 0.6) is 5.75 Å². The van der Waals surface area contributed by atoms with E-state index in [0.29, 0.717) is 12.6 Å². The van der Waals surface area contributed by atoms with E-state index in [1.165, 1.54) is 25.7 Å². The highest BCUT2D eigenvalue weighted by molar-refractivity contribution is 5.94. The van der Waals surface area contributed by atoms with Gasteiger partial charge in [0, 0.05) is 44.9 Å². The lowest BCUT2D eigenvalue weighted by Gasteiger charge is -2.52. The third-order valence-corrected chi connectivity index (χ3v) is 7.87. The molecule has 1 aromatic rings. The van der Waals surface area contributed by atoms with Gasteiger partial charge in [0.2, 0.25) is 0 Å². The quantitative estimate of drug-likeness (QED) is 0.602. The summed E-state index contributed by atoms with van der Waals surface area (Å²) in [5.74, 6) is 1.76. The summed E-state index contributed by atoms with van der Waals surface area (Å²) >= 11 is 0. The van der Waals surface area contributed by atoms with E-state index in [4.69, 9.17) is 14.2 Å². The van der Waals surface area contributed by atoms with Gasteiger partial charge in [0.1, 0.15) is 5.75 Å². The molecule has 0 bridgehead atoms. The van der Waals surface area contributed by atoms with E-state index in [2.05, 4.69) is 11.8 Å². The molecule has 6 nitrogen and oxygen atoms in total. The van der Waals surface area contributed by atoms with Crippen molar-refractivity contribution in [3.05, 3.63) is 29.3 Å². The Bertz CT molecular complexity index is 834. The summed E-state index contributed by atoms with van der Waals surface area (Å²) in [5, 5.41) is 0. The van der Waals surface area contributed by atoms with Gasteiger partial charge < -0.3 is 19.1 Å². The van der Waals surface area contributed by atoms with Crippen LogP contribution in [0.1, 0.15) is 75.2 Å². The molecule has 0 N–H and O–H groups in total. The molecule has 1 amide bonds. The third-order valence-electron chi connectivity index (χ3n) is 7.87. The number of hydrogen-bond acceptors (Lipinski definition) is 5. The summed E-state index contributed by atoms with van der Waals surface area (Å²) < 4.78 is 18.0. The zero-order valence-electron chi connectivity index (χ0n) is 21.8. The third kappa shape index (κ3) is 5.95. The molecule has 3 aliphatic rings. The Balaban J connectivity index is 1.41. The van der Waals surface area contributed by atoms with Crippen LogP contribution in [0.3, 0.4) is 0 Å². The lowest BCUT2D eigenvalue weighted by Crippen LogP contribution is -2.62. The van der Waals surface area contributed by atoms with E-state index < -0.39 is 0 Å². The Morgan fingerprint density at radius 3 is 2.65 bits per heavy atom. The Morgan fingerprint density at radius 1 is 1.24 bits per heavy atom. The molecule has 1 aliphatic carbocycles. The van der Waals surface area contributed by atoms with Crippen LogP contribution in [0.25, 0.3) is 0 Å². The standard InChI is InChI=1S/C28H44N2O4/c1-20(2)33-26-10-9-23(16-22(26)4)27(31)29-13-11-28(12-14-29)19-30(17-25(34-28)18-32-5)24-8-6-7-21(3)15-24/h9-10,16,20-21,24-25H,6-8,11-15,17-19H2,1-5H3/t21-,24?,25?/m1/s1. The van der Waals surface area contributed by atoms with Crippen molar-refractivity contribution in [1.29, 1.82) is 0 Å². The van der Waals surface area contributed by atoms with Crippen molar-refractivity contribution in [2.45, 2.75) is 90.1 Å². The minimum Gasteiger partial charge on any atom is -0.491 e. The molecular formula is C28H44N2O4. The van der Waals surface area contributed by atoms with Gasteiger partial charge in [0.15, 0.2) is 0 Å². The first-order valence-corrected chi connectivity index (χ1v) is 13.3. The molecule has 0 radical (unpaired) electrons. The van der Waals surface area contributed by atoms with Crippen LogP contribution in [0.15, 0.2) is 18.2 Å². The van der Waals surface area contributed by atoms with E-state index in [0.717, 1.165) is 61.8 Å². The fourth-order valence-electron chi connectivity index (χ4n) is 6.15. The minimum absolute atomic E-state index is 0.106. The van der Waals surface area contributed by atoms with Crippen LogP contribution < -0.4 is 4.74 Å². The van der Waals surface area contributed by atoms with Gasteiger partial charge in [0.25, 0.3) is 5.91 Å². The zero-order chi connectivity index (χ0) is 24.3. The van der Waals surface area contributed by atoms with Crippen molar-refractivity contribution in [3.8, 4) is 5.75 Å². The summed E-state index contributed by atoms with van der Waals surface area (Å²) in [5.41, 5.74) is 1.57. The van der Waals surface area contributed by atoms with Crippen LogP contribution >= 0.6 is 0 Å². The molecule has 2 heterocycles. The van der Waals surface area contributed by atoms with E-state index in [-0.39, 0.29) is 23.7 Å². The van der Waals surface area contributed by atoms with Crippen LogP contribution in [0.2, 0.25) is 0 Å². The smallest absolute Gasteiger partial charge is 0.253 e. The van der Waals surface area contributed by atoms with Gasteiger partial charge in [0.05, 0.1) is 24.4 Å². The van der Waals surface area contributed by atoms with Gasteiger partial charge in [-0.1, -0.05) is 19.8 Å². The van der Waals surface area contributed by atoms with E-state index >= 15 is 0 Å². The second kappa shape index (κ2) is 11.0. The van der Waals surface area contributed by atoms with Crippen LogP contribution in [-0.4, -0.2) is 79.5 Å². The lowest BCUT2D eigenvalue weighted by molar-refractivity contribution is -0.193. The Labute approximate surface area is 205 Å². The Hall–Kier alpha value is -1.63. The monoisotopic (exact) mass is 472 g/mol. The summed E-state index contributed by atoms with van der Waals surface area (Å²) in [6.45, 7) is 12.5. The molecule has 2 saturated heterocycles. The summed E-state index contributed by atoms with van der Waals surface area (Å²) in [6, 6.07) is 6.44. The fraction of sp³-hybridized carbons (Fsp3) is 0.750. The molecule has 6 heteroatoms. The molecule has 0 aromatic heterocycles. The lowest BCUT2D eigenvalue weighted by atomic mass is 9.83. The van der Waals surface area contributed by atoms with Crippen molar-refractivity contribution in [1.82, 2.24) is 9.80 Å². The van der Waals surface area contributed by atoms with Crippen LogP contribution in [-0.2, 0) is 9.47 Å². The van der Waals surface area contributed by atoms with Crippen molar-refractivity contribution in [3.63, 3.8) is 0 Å². The van der Waals surface area contributed by atoms with Gasteiger partial charge in [-0.15, -0.1) is 0 Å². The highest BCUT2D eigenvalue weighted by atomic mass is 16.5. The van der Waals surface area contributed by atoms with Gasteiger partial charge in [-0.2, -0.15) is 0 Å². The second-order valence-electron chi connectivity index (χ2n) is 11.2. The van der Waals surface area contributed by atoms with Crippen LogP contribution in [0.4, 0.5) is 0 Å². The zero-order valence-corrected chi connectivity index (χ0v) is 21.8. The largest absolute Gasteiger partial charge is 0.491 e. The van der Waals surface area contributed by atoms with Gasteiger partial charge in [-0.05, 0) is 76.1 Å². The Kier molecular flexibility index (Phi) is 8.21. The number of hydrogen-bond donors (Lipinski definition) is 0. The molecule has 1 aromatic carbocycles. The second-order valence-corrected chi connectivity index (χ2v) is 11.2. The number of aryl methyl sites for hydroxylation is 1. The molecule has 1 spiro atoms. The number of carbonyl (C=O) groups is 1. The van der Waals surface area contributed by atoms with E-state index in [1.807, 2.05) is 43.9 Å². The SMILES string of the molecule is COCC1CN(C2CCC[C@@H](C)C2)CC2(CCN(C(=O)c3ccc(OC(C)C)c(C)c3)CC2)O1. The highest BCUT2D eigenvalue weighted by Gasteiger charge is 2.45. The molecular weight excluding hydrogens is 428 g/mol. The summed E-state index contributed by atoms with van der Waals surface area (Å²) in [7, 11) is 1.76. The van der Waals surface area contributed by atoms with Gasteiger partial charge >= 0.3 is 0 Å². The maximum atomic E-state index is 13.3.